The van der Waals surface area contributed by atoms with Crippen LogP contribution in [0, 0.1) is 0 Å². The lowest BCUT2D eigenvalue weighted by Crippen LogP contribution is -2.19. The number of hydrogen-bond acceptors (Lipinski definition) is 2. The van der Waals surface area contributed by atoms with Gasteiger partial charge in [-0.3, -0.25) is 4.79 Å². The van der Waals surface area contributed by atoms with Crippen molar-refractivity contribution < 1.29 is 22.7 Å². The Balaban J connectivity index is 2.88. The van der Waals surface area contributed by atoms with Gasteiger partial charge < -0.3 is 4.74 Å². The molecule has 0 heterocycles. The summed E-state index contributed by atoms with van der Waals surface area (Å²) in [6.45, 7) is 0. The van der Waals surface area contributed by atoms with Gasteiger partial charge in [0.15, 0.2) is 5.78 Å². The first kappa shape index (κ1) is 14.0. The van der Waals surface area contributed by atoms with Crippen LogP contribution in [-0.4, -0.2) is 17.5 Å². The van der Waals surface area contributed by atoms with Crippen LogP contribution in [0.3, 0.4) is 0 Å². The summed E-state index contributed by atoms with van der Waals surface area (Å²) in [6, 6.07) is 5.36. The smallest absolute Gasteiger partial charge is 0.405 e. The first-order valence-electron chi connectivity index (χ1n) is 4.88. The van der Waals surface area contributed by atoms with Crippen LogP contribution >= 0.6 is 15.9 Å². The van der Waals surface area contributed by atoms with Crippen LogP contribution in [0.15, 0.2) is 24.3 Å². The van der Waals surface area contributed by atoms with E-state index in [0.717, 1.165) is 6.07 Å². The van der Waals surface area contributed by atoms with E-state index >= 15 is 0 Å². The zero-order valence-corrected chi connectivity index (χ0v) is 10.3. The molecule has 94 valence electrons. The van der Waals surface area contributed by atoms with Crippen molar-refractivity contribution in [2.75, 3.05) is 5.33 Å². The molecule has 0 bridgehead atoms. The molecule has 0 aliphatic rings. The highest BCUT2D eigenvalue weighted by Gasteiger charge is 2.32. The second kappa shape index (κ2) is 6.05. The summed E-state index contributed by atoms with van der Waals surface area (Å²) < 4.78 is 40.1. The summed E-state index contributed by atoms with van der Waals surface area (Å²) in [6.07, 6.45) is -4.03. The summed E-state index contributed by atoms with van der Waals surface area (Å²) in [5, 5.41) is 0.626. The van der Waals surface area contributed by atoms with Crippen molar-refractivity contribution in [3.05, 3.63) is 29.8 Å². The number of carbonyl (C=O) groups excluding carboxylic acids is 1. The third-order valence-electron chi connectivity index (χ3n) is 1.95. The molecule has 0 saturated carbocycles. The average Bonchev–Trinajstić information content (AvgIpc) is 2.24. The second-order valence-corrected chi connectivity index (χ2v) is 4.05. The number of para-hydroxylation sites is 1. The Labute approximate surface area is 105 Å². The molecule has 1 rings (SSSR count). The Morgan fingerprint density at radius 2 is 1.94 bits per heavy atom. The first-order valence-corrected chi connectivity index (χ1v) is 6.00. The van der Waals surface area contributed by atoms with Crippen LogP contribution in [0.4, 0.5) is 13.2 Å². The van der Waals surface area contributed by atoms with Crippen LogP contribution in [0.25, 0.3) is 0 Å². The molecule has 0 aliphatic carbocycles. The standard InChI is InChI=1S/C11H10BrF3O2/c12-7-3-5-9(16)8-4-1-2-6-10(8)17-11(13,14)15/h1-2,4,6H,3,5,7H2. The summed E-state index contributed by atoms with van der Waals surface area (Å²) in [7, 11) is 0. The molecular weight excluding hydrogens is 301 g/mol. The van der Waals surface area contributed by atoms with E-state index in [2.05, 4.69) is 20.7 Å². The summed E-state index contributed by atoms with van der Waals surface area (Å²) >= 11 is 3.15. The molecule has 0 aromatic heterocycles. The normalized spacial score (nSPS) is 11.3. The van der Waals surface area contributed by atoms with Gasteiger partial charge in [0.1, 0.15) is 5.75 Å². The van der Waals surface area contributed by atoms with Gasteiger partial charge in [0, 0.05) is 11.8 Å². The van der Waals surface area contributed by atoms with Gasteiger partial charge in [-0.25, -0.2) is 0 Å². The number of carbonyl (C=O) groups is 1. The molecule has 17 heavy (non-hydrogen) atoms. The van der Waals surface area contributed by atoms with Crippen molar-refractivity contribution in [1.82, 2.24) is 0 Å². The maximum Gasteiger partial charge on any atom is 0.573 e. The lowest BCUT2D eigenvalue weighted by molar-refractivity contribution is -0.274. The van der Waals surface area contributed by atoms with Crippen molar-refractivity contribution in [2.24, 2.45) is 0 Å². The fourth-order valence-electron chi connectivity index (χ4n) is 1.27. The molecule has 0 atom stereocenters. The monoisotopic (exact) mass is 310 g/mol. The minimum absolute atomic E-state index is 0.0363. The van der Waals surface area contributed by atoms with Gasteiger partial charge in [-0.15, -0.1) is 13.2 Å². The molecule has 0 unspecified atom stereocenters. The van der Waals surface area contributed by atoms with E-state index in [0.29, 0.717) is 11.8 Å². The third-order valence-corrected chi connectivity index (χ3v) is 2.51. The number of ether oxygens (including phenoxy) is 1. The summed E-state index contributed by atoms with van der Waals surface area (Å²) in [5.41, 5.74) is -0.0363. The van der Waals surface area contributed by atoms with E-state index in [1.165, 1.54) is 18.2 Å². The van der Waals surface area contributed by atoms with Crippen LogP contribution < -0.4 is 4.74 Å². The molecule has 0 spiro atoms. The Hall–Kier alpha value is -1.04. The van der Waals surface area contributed by atoms with Gasteiger partial charge in [-0.1, -0.05) is 28.1 Å². The van der Waals surface area contributed by atoms with Gasteiger partial charge in [-0.05, 0) is 18.6 Å². The minimum Gasteiger partial charge on any atom is -0.405 e. The van der Waals surface area contributed by atoms with Crippen molar-refractivity contribution in [3.63, 3.8) is 0 Å². The van der Waals surface area contributed by atoms with E-state index in [4.69, 9.17) is 0 Å². The third kappa shape index (κ3) is 4.77. The minimum atomic E-state index is -4.79. The Kier molecular flexibility index (Phi) is 4.99. The van der Waals surface area contributed by atoms with Crippen LogP contribution in [0.5, 0.6) is 5.75 Å². The predicted octanol–water partition coefficient (Wildman–Crippen LogP) is 3.94. The van der Waals surface area contributed by atoms with Crippen molar-refractivity contribution >= 4 is 21.7 Å². The SMILES string of the molecule is O=C(CCCBr)c1ccccc1OC(F)(F)F. The average molecular weight is 311 g/mol. The van der Waals surface area contributed by atoms with Gasteiger partial charge in [0.05, 0.1) is 5.56 Å². The highest BCUT2D eigenvalue weighted by atomic mass is 79.9. The molecule has 6 heteroatoms. The second-order valence-electron chi connectivity index (χ2n) is 3.26. The number of Topliss-reactive ketones (excluding diaryl/α,β-unsaturated/α-hetero) is 1. The largest absolute Gasteiger partial charge is 0.573 e. The zero-order valence-electron chi connectivity index (χ0n) is 8.76. The number of rotatable bonds is 5. The molecule has 1 aromatic carbocycles. The molecule has 0 radical (unpaired) electrons. The lowest BCUT2D eigenvalue weighted by Gasteiger charge is -2.12. The number of ketones is 1. The molecule has 2 nitrogen and oxygen atoms in total. The Morgan fingerprint density at radius 3 is 2.53 bits per heavy atom. The quantitative estimate of drug-likeness (QED) is 0.608. The molecule has 1 aromatic rings. The van der Waals surface area contributed by atoms with E-state index in [1.54, 1.807) is 0 Å². The molecule has 0 N–H and O–H groups in total. The van der Waals surface area contributed by atoms with E-state index in [-0.39, 0.29) is 17.8 Å². The van der Waals surface area contributed by atoms with Crippen molar-refractivity contribution in [3.8, 4) is 5.75 Å². The first-order chi connectivity index (χ1) is 7.94. The van der Waals surface area contributed by atoms with Crippen molar-refractivity contribution in [2.45, 2.75) is 19.2 Å². The fraction of sp³-hybridized carbons (Fsp3) is 0.364. The molecule has 0 aliphatic heterocycles. The molecule has 0 amide bonds. The molecule has 0 saturated heterocycles. The number of benzene rings is 1. The molecular formula is C11H10BrF3O2. The molecule has 0 fully saturated rings. The maximum atomic E-state index is 12.1. The van der Waals surface area contributed by atoms with Gasteiger partial charge in [0.2, 0.25) is 0 Å². The van der Waals surface area contributed by atoms with E-state index < -0.39 is 12.1 Å². The van der Waals surface area contributed by atoms with E-state index in [1.807, 2.05) is 0 Å². The number of hydrogen-bond donors (Lipinski definition) is 0. The predicted molar refractivity (Wildman–Crippen MR) is 60.5 cm³/mol. The highest BCUT2D eigenvalue weighted by Crippen LogP contribution is 2.27. The summed E-state index contributed by atoms with van der Waals surface area (Å²) in [4.78, 5) is 11.6. The van der Waals surface area contributed by atoms with Crippen LogP contribution in [-0.2, 0) is 0 Å². The topological polar surface area (TPSA) is 26.3 Å². The Bertz CT molecular complexity index is 391. The highest BCUT2D eigenvalue weighted by molar-refractivity contribution is 9.09. The van der Waals surface area contributed by atoms with Crippen LogP contribution in [0.2, 0.25) is 0 Å². The van der Waals surface area contributed by atoms with Gasteiger partial charge in [0.25, 0.3) is 0 Å². The lowest BCUT2D eigenvalue weighted by atomic mass is 10.1. The summed E-state index contributed by atoms with van der Waals surface area (Å²) in [5.74, 6) is -0.802. The number of halogens is 4. The van der Waals surface area contributed by atoms with Crippen molar-refractivity contribution in [1.29, 1.82) is 0 Å². The van der Waals surface area contributed by atoms with Gasteiger partial charge >= 0.3 is 6.36 Å². The van der Waals surface area contributed by atoms with E-state index in [9.17, 15) is 18.0 Å². The zero-order chi connectivity index (χ0) is 12.9. The van der Waals surface area contributed by atoms with Crippen LogP contribution in [0.1, 0.15) is 23.2 Å². The van der Waals surface area contributed by atoms with Gasteiger partial charge in [-0.2, -0.15) is 0 Å². The number of alkyl halides is 4. The maximum absolute atomic E-state index is 12.1. The fourth-order valence-corrected chi connectivity index (χ4v) is 1.55. The Morgan fingerprint density at radius 1 is 1.29 bits per heavy atom.